The predicted octanol–water partition coefficient (Wildman–Crippen LogP) is 0.246. The van der Waals surface area contributed by atoms with Crippen LogP contribution in [-0.4, -0.2) is 34.3 Å². The van der Waals surface area contributed by atoms with E-state index in [9.17, 15) is 14.4 Å². The molecular weight excluding hydrogens is 198 g/mol. The van der Waals surface area contributed by atoms with Crippen LogP contribution in [0.25, 0.3) is 0 Å². The summed E-state index contributed by atoms with van der Waals surface area (Å²) in [7, 11) is 0. The first kappa shape index (κ1) is 10.1. The average Bonchev–Trinajstić information content (AvgIpc) is 2.90. The summed E-state index contributed by atoms with van der Waals surface area (Å²) in [6, 6.07) is 0. The highest BCUT2D eigenvalue weighted by Crippen LogP contribution is 2.46. The van der Waals surface area contributed by atoms with Gasteiger partial charge in [-0.25, -0.2) is 0 Å². The number of piperidine rings is 1. The Bertz CT molecular complexity index is 305. The lowest BCUT2D eigenvalue weighted by Gasteiger charge is -2.15. The van der Waals surface area contributed by atoms with Gasteiger partial charge < -0.3 is 5.11 Å². The van der Waals surface area contributed by atoms with E-state index in [0.29, 0.717) is 19.4 Å². The summed E-state index contributed by atoms with van der Waals surface area (Å²) in [6.07, 6.45) is 1.93. The Labute approximate surface area is 87.1 Å². The summed E-state index contributed by atoms with van der Waals surface area (Å²) in [5.74, 6) is -1.04. The molecule has 1 saturated carbocycles. The molecule has 2 unspecified atom stereocenters. The van der Waals surface area contributed by atoms with Crippen molar-refractivity contribution in [3.63, 3.8) is 0 Å². The van der Waals surface area contributed by atoms with Crippen molar-refractivity contribution in [2.24, 2.45) is 11.8 Å². The first-order chi connectivity index (χ1) is 7.11. The molecule has 15 heavy (non-hydrogen) atoms. The third-order valence-corrected chi connectivity index (χ3v) is 2.98. The van der Waals surface area contributed by atoms with E-state index in [1.807, 2.05) is 0 Å². The summed E-state index contributed by atoms with van der Waals surface area (Å²) >= 11 is 0. The Kier molecular flexibility index (Phi) is 2.46. The second-order valence-electron chi connectivity index (χ2n) is 4.13. The van der Waals surface area contributed by atoms with Crippen LogP contribution >= 0.6 is 0 Å². The molecule has 2 fully saturated rings. The van der Waals surface area contributed by atoms with Crippen LogP contribution in [0.5, 0.6) is 0 Å². The van der Waals surface area contributed by atoms with E-state index < -0.39 is 5.97 Å². The van der Waals surface area contributed by atoms with Gasteiger partial charge in [-0.3, -0.25) is 19.3 Å². The van der Waals surface area contributed by atoms with Crippen molar-refractivity contribution in [1.29, 1.82) is 0 Å². The summed E-state index contributed by atoms with van der Waals surface area (Å²) in [4.78, 5) is 34.5. The molecule has 2 rings (SSSR count). The molecule has 1 aliphatic heterocycles. The molecule has 1 aliphatic carbocycles. The van der Waals surface area contributed by atoms with Crippen molar-refractivity contribution in [3.8, 4) is 0 Å². The zero-order valence-corrected chi connectivity index (χ0v) is 8.31. The number of unbranched alkanes of at least 4 members (excludes halogenated alkanes) is 1. The fourth-order valence-electron chi connectivity index (χ4n) is 2.02. The Balaban J connectivity index is 1.74. The van der Waals surface area contributed by atoms with Crippen LogP contribution < -0.4 is 0 Å². The molecule has 0 aromatic heterocycles. The van der Waals surface area contributed by atoms with Crippen LogP contribution in [0.1, 0.15) is 25.7 Å². The number of rotatable bonds is 5. The lowest BCUT2D eigenvalue weighted by molar-refractivity contribution is -0.141. The molecule has 2 aliphatic rings. The summed E-state index contributed by atoms with van der Waals surface area (Å²) in [5, 5.41) is 8.41. The normalized spacial score (nSPS) is 28.1. The van der Waals surface area contributed by atoms with Gasteiger partial charge in [-0.05, 0) is 19.3 Å². The monoisotopic (exact) mass is 211 g/mol. The van der Waals surface area contributed by atoms with Crippen LogP contribution in [0.4, 0.5) is 0 Å². The first-order valence-electron chi connectivity index (χ1n) is 5.18. The molecule has 0 aromatic rings. The highest BCUT2D eigenvalue weighted by atomic mass is 16.4. The van der Waals surface area contributed by atoms with Crippen LogP contribution in [0, 0.1) is 11.8 Å². The fourth-order valence-corrected chi connectivity index (χ4v) is 2.02. The van der Waals surface area contributed by atoms with Gasteiger partial charge in [0.1, 0.15) is 0 Å². The van der Waals surface area contributed by atoms with Crippen LogP contribution in [0.2, 0.25) is 0 Å². The number of carboxylic acids is 1. The number of imide groups is 1. The number of fused-ring (bicyclic) bond motifs is 1. The van der Waals surface area contributed by atoms with E-state index in [1.54, 1.807) is 0 Å². The molecule has 5 heteroatoms. The molecule has 0 radical (unpaired) electrons. The molecule has 0 aromatic carbocycles. The first-order valence-corrected chi connectivity index (χ1v) is 5.18. The molecule has 82 valence electrons. The molecular formula is C10H13NO4. The Morgan fingerprint density at radius 3 is 2.40 bits per heavy atom. The number of hydrogen-bond acceptors (Lipinski definition) is 3. The standard InChI is InChI=1S/C10H13NO4/c12-8(13)3-1-2-4-11-9(14)6-5-7(6)10(11)15/h6-7H,1-5H2,(H,12,13). The highest BCUT2D eigenvalue weighted by molar-refractivity contribution is 6.08. The smallest absolute Gasteiger partial charge is 0.303 e. The van der Waals surface area contributed by atoms with Gasteiger partial charge >= 0.3 is 5.97 Å². The van der Waals surface area contributed by atoms with E-state index in [-0.39, 0.29) is 30.1 Å². The van der Waals surface area contributed by atoms with Gasteiger partial charge in [0.25, 0.3) is 0 Å². The third-order valence-electron chi connectivity index (χ3n) is 2.98. The Morgan fingerprint density at radius 1 is 1.27 bits per heavy atom. The predicted molar refractivity (Wildman–Crippen MR) is 49.8 cm³/mol. The summed E-state index contributed by atoms with van der Waals surface area (Å²) in [5.41, 5.74) is 0. The molecule has 0 spiro atoms. The van der Waals surface area contributed by atoms with Crippen LogP contribution in [0.15, 0.2) is 0 Å². The van der Waals surface area contributed by atoms with Gasteiger partial charge in [-0.2, -0.15) is 0 Å². The number of carbonyl (C=O) groups excluding carboxylic acids is 2. The zero-order valence-electron chi connectivity index (χ0n) is 8.31. The Morgan fingerprint density at radius 2 is 1.87 bits per heavy atom. The molecule has 1 N–H and O–H groups in total. The van der Waals surface area contributed by atoms with Gasteiger partial charge in [0.05, 0.1) is 11.8 Å². The topological polar surface area (TPSA) is 74.7 Å². The second kappa shape index (κ2) is 3.64. The van der Waals surface area contributed by atoms with Crippen molar-refractivity contribution >= 4 is 17.8 Å². The van der Waals surface area contributed by atoms with Gasteiger partial charge in [-0.1, -0.05) is 0 Å². The maximum atomic E-state index is 11.5. The Hall–Kier alpha value is -1.39. The van der Waals surface area contributed by atoms with E-state index in [0.717, 1.165) is 6.42 Å². The van der Waals surface area contributed by atoms with Crippen molar-refractivity contribution in [3.05, 3.63) is 0 Å². The largest absolute Gasteiger partial charge is 0.481 e. The minimum Gasteiger partial charge on any atom is -0.481 e. The SMILES string of the molecule is O=C(O)CCCCN1C(=O)C2CC2C1=O. The van der Waals surface area contributed by atoms with Gasteiger partial charge in [0.2, 0.25) is 11.8 Å². The lowest BCUT2D eigenvalue weighted by Crippen LogP contribution is -2.33. The maximum absolute atomic E-state index is 11.5. The summed E-state index contributed by atoms with van der Waals surface area (Å²) < 4.78 is 0. The highest BCUT2D eigenvalue weighted by Gasteiger charge is 2.58. The van der Waals surface area contributed by atoms with Crippen LogP contribution in [0.3, 0.4) is 0 Å². The number of aliphatic carboxylic acids is 1. The van der Waals surface area contributed by atoms with Crippen LogP contribution in [-0.2, 0) is 14.4 Å². The van der Waals surface area contributed by atoms with Crippen molar-refractivity contribution in [1.82, 2.24) is 4.90 Å². The van der Waals surface area contributed by atoms with Crippen molar-refractivity contribution in [2.75, 3.05) is 6.54 Å². The van der Waals surface area contributed by atoms with E-state index >= 15 is 0 Å². The molecule has 1 heterocycles. The second-order valence-corrected chi connectivity index (χ2v) is 4.13. The molecule has 2 atom stereocenters. The minimum absolute atomic E-state index is 0.0445. The lowest BCUT2D eigenvalue weighted by atomic mass is 10.2. The van der Waals surface area contributed by atoms with E-state index in [2.05, 4.69) is 0 Å². The van der Waals surface area contributed by atoms with Crippen molar-refractivity contribution in [2.45, 2.75) is 25.7 Å². The number of amides is 2. The molecule has 5 nitrogen and oxygen atoms in total. The van der Waals surface area contributed by atoms with Gasteiger partial charge in [0, 0.05) is 13.0 Å². The molecule has 0 bridgehead atoms. The van der Waals surface area contributed by atoms with Crippen molar-refractivity contribution < 1.29 is 19.5 Å². The number of nitrogens with zero attached hydrogens (tertiary/aromatic N) is 1. The maximum Gasteiger partial charge on any atom is 0.303 e. The molecule has 1 saturated heterocycles. The quantitative estimate of drug-likeness (QED) is 0.522. The fraction of sp³-hybridized carbons (Fsp3) is 0.700. The van der Waals surface area contributed by atoms with Gasteiger partial charge in [0.15, 0.2) is 0 Å². The minimum atomic E-state index is -0.836. The van der Waals surface area contributed by atoms with E-state index in [1.165, 1.54) is 4.90 Å². The number of hydrogen-bond donors (Lipinski definition) is 1. The third kappa shape index (κ3) is 1.86. The number of likely N-dealkylation sites (tertiary alicyclic amines) is 1. The van der Waals surface area contributed by atoms with E-state index in [4.69, 9.17) is 5.11 Å². The summed E-state index contributed by atoms with van der Waals surface area (Å²) in [6.45, 7) is 0.387. The molecule has 2 amide bonds. The number of carbonyl (C=O) groups is 3. The van der Waals surface area contributed by atoms with Gasteiger partial charge in [-0.15, -0.1) is 0 Å². The zero-order chi connectivity index (χ0) is 11.0. The number of carboxylic acid groups (broad SMARTS) is 1. The average molecular weight is 211 g/mol.